The van der Waals surface area contributed by atoms with E-state index in [0.717, 1.165) is 38.2 Å². The Labute approximate surface area is 235 Å². The number of aromatic carboxylic acids is 1. The van der Waals surface area contributed by atoms with Gasteiger partial charge in [-0.3, -0.25) is 9.59 Å². The Morgan fingerprint density at radius 1 is 1.05 bits per heavy atom. The first-order valence-corrected chi connectivity index (χ1v) is 14.9. The van der Waals surface area contributed by atoms with Gasteiger partial charge in [-0.25, -0.2) is 9.18 Å². The second kappa shape index (κ2) is 11.5. The minimum atomic E-state index is -1.28. The number of pyridine rings is 1. The van der Waals surface area contributed by atoms with Crippen molar-refractivity contribution >= 4 is 11.9 Å². The molecule has 7 nitrogen and oxygen atoms in total. The molecule has 3 fully saturated rings. The zero-order valence-corrected chi connectivity index (χ0v) is 23.4. The summed E-state index contributed by atoms with van der Waals surface area (Å²) in [5.41, 5.74) is -2.46. The summed E-state index contributed by atoms with van der Waals surface area (Å²) in [6.45, 7) is 2.82. The third kappa shape index (κ3) is 5.47. The summed E-state index contributed by atoms with van der Waals surface area (Å²) >= 11 is 0. The number of aliphatic hydroxyl groups is 1. The lowest BCUT2D eigenvalue weighted by molar-refractivity contribution is -0.163. The number of rotatable bonds is 7. The second-order valence-corrected chi connectivity index (χ2v) is 12.5. The summed E-state index contributed by atoms with van der Waals surface area (Å²) in [6, 6.07) is 6.92. The van der Waals surface area contributed by atoms with Crippen LogP contribution in [0.4, 0.5) is 4.39 Å². The van der Waals surface area contributed by atoms with Crippen molar-refractivity contribution in [1.29, 1.82) is 0 Å². The van der Waals surface area contributed by atoms with E-state index in [1.54, 1.807) is 6.07 Å². The van der Waals surface area contributed by atoms with Gasteiger partial charge in [0.2, 0.25) is 5.91 Å². The number of hydrogen-bond acceptors (Lipinski definition) is 4. The molecular formula is C32H41FN2O5. The number of hydrogen-bond donors (Lipinski definition) is 2. The molecule has 1 amide bonds. The van der Waals surface area contributed by atoms with E-state index in [1.807, 2.05) is 11.8 Å². The Kier molecular flexibility index (Phi) is 8.18. The fourth-order valence-corrected chi connectivity index (χ4v) is 7.67. The third-order valence-corrected chi connectivity index (χ3v) is 9.93. The van der Waals surface area contributed by atoms with E-state index in [1.165, 1.54) is 61.1 Å². The highest BCUT2D eigenvalue weighted by atomic mass is 19.1. The molecule has 1 aromatic carbocycles. The fourth-order valence-electron chi connectivity index (χ4n) is 7.67. The summed E-state index contributed by atoms with van der Waals surface area (Å²) in [5, 5.41) is 22.1. The van der Waals surface area contributed by atoms with Crippen LogP contribution in [0.25, 0.3) is 11.1 Å². The van der Waals surface area contributed by atoms with Gasteiger partial charge >= 0.3 is 5.97 Å². The fraction of sp³-hybridized carbons (Fsp3) is 0.594. The van der Waals surface area contributed by atoms with Crippen molar-refractivity contribution in [2.24, 2.45) is 17.3 Å². The molecule has 2 atom stereocenters. The topological polar surface area (TPSA) is 99.8 Å². The summed E-state index contributed by atoms with van der Waals surface area (Å²) < 4.78 is 15.8. The lowest BCUT2D eigenvalue weighted by Gasteiger charge is -2.53. The number of carboxylic acid groups (broad SMARTS) is 1. The molecule has 40 heavy (non-hydrogen) atoms. The van der Waals surface area contributed by atoms with Crippen LogP contribution in [0.15, 0.2) is 41.3 Å². The molecule has 5 rings (SSSR count). The number of aromatic nitrogens is 1. The molecule has 216 valence electrons. The zero-order valence-electron chi connectivity index (χ0n) is 23.4. The van der Waals surface area contributed by atoms with Gasteiger partial charge in [0.1, 0.15) is 5.82 Å². The van der Waals surface area contributed by atoms with Gasteiger partial charge in [-0.15, -0.1) is 0 Å². The summed E-state index contributed by atoms with van der Waals surface area (Å²) in [6.07, 6.45) is 12.0. The first-order valence-electron chi connectivity index (χ1n) is 14.9. The Balaban J connectivity index is 1.39. The molecule has 1 spiro atoms. The van der Waals surface area contributed by atoms with Crippen molar-refractivity contribution in [1.82, 2.24) is 9.47 Å². The Hall–Kier alpha value is -3.00. The van der Waals surface area contributed by atoms with Crippen molar-refractivity contribution in [2.75, 3.05) is 13.1 Å². The average Bonchev–Trinajstić information content (AvgIpc) is 3.41. The van der Waals surface area contributed by atoms with Crippen LogP contribution in [-0.2, 0) is 11.3 Å². The molecule has 0 radical (unpaired) electrons. The number of nitrogens with zero attached hydrogens (tertiary/aromatic N) is 2. The monoisotopic (exact) mass is 552 g/mol. The number of halogens is 1. The van der Waals surface area contributed by atoms with Crippen molar-refractivity contribution < 1.29 is 24.2 Å². The van der Waals surface area contributed by atoms with Crippen LogP contribution in [0.5, 0.6) is 0 Å². The molecule has 1 saturated heterocycles. The SMILES string of the molecule is CC(CC1CCCCC1)C(=O)N1CCC(O)(Cn2cc(C(=O)O)c(-c3ccccc3F)cc2=O)C2(CCCC2)C1. The van der Waals surface area contributed by atoms with Crippen LogP contribution in [-0.4, -0.2) is 50.2 Å². The standard InChI is InChI=1S/C32H41FN2O5/c1-22(17-23-9-3-2-4-10-23)29(37)34-16-15-32(40,31(20-34)13-7-8-14-31)21-35-19-26(30(38)39)25(18-28(35)36)24-11-5-6-12-27(24)33/h5-6,11-12,18-19,22-23,40H,2-4,7-10,13-17,20-21H2,1H3,(H,38,39). The summed E-state index contributed by atoms with van der Waals surface area (Å²) in [7, 11) is 0. The quantitative estimate of drug-likeness (QED) is 0.474. The highest BCUT2D eigenvalue weighted by Crippen LogP contribution is 2.52. The van der Waals surface area contributed by atoms with Crippen LogP contribution in [0.2, 0.25) is 0 Å². The van der Waals surface area contributed by atoms with Crippen LogP contribution in [0.1, 0.15) is 87.9 Å². The minimum absolute atomic E-state index is 0.0155. The number of carbonyl (C=O) groups is 2. The minimum Gasteiger partial charge on any atom is -0.478 e. The molecule has 2 aromatic rings. The first kappa shape index (κ1) is 28.5. The number of amides is 1. The molecule has 2 saturated carbocycles. The van der Waals surface area contributed by atoms with Gasteiger partial charge in [-0.1, -0.05) is 70.1 Å². The van der Waals surface area contributed by atoms with E-state index in [9.17, 15) is 29.0 Å². The van der Waals surface area contributed by atoms with E-state index < -0.39 is 28.4 Å². The van der Waals surface area contributed by atoms with Gasteiger partial charge in [0.15, 0.2) is 0 Å². The smallest absolute Gasteiger partial charge is 0.337 e. The van der Waals surface area contributed by atoms with Gasteiger partial charge in [-0.2, -0.15) is 0 Å². The summed E-state index contributed by atoms with van der Waals surface area (Å²) in [5.74, 6) is -1.18. The maximum Gasteiger partial charge on any atom is 0.337 e. The maximum absolute atomic E-state index is 14.5. The average molecular weight is 553 g/mol. The predicted octanol–water partition coefficient (Wildman–Crippen LogP) is 5.48. The molecule has 2 N–H and O–H groups in total. The second-order valence-electron chi connectivity index (χ2n) is 12.5. The molecule has 2 aliphatic carbocycles. The molecule has 1 aliphatic heterocycles. The number of benzene rings is 1. The highest BCUT2D eigenvalue weighted by Gasteiger charge is 2.55. The Bertz CT molecular complexity index is 1310. The molecule has 3 aliphatic rings. The lowest BCUT2D eigenvalue weighted by atomic mass is 9.65. The van der Waals surface area contributed by atoms with E-state index in [-0.39, 0.29) is 35.1 Å². The van der Waals surface area contributed by atoms with E-state index in [4.69, 9.17) is 0 Å². The zero-order chi connectivity index (χ0) is 28.5. The third-order valence-electron chi connectivity index (χ3n) is 9.93. The van der Waals surface area contributed by atoms with Crippen LogP contribution in [0, 0.1) is 23.1 Å². The Morgan fingerprint density at radius 3 is 2.42 bits per heavy atom. The van der Waals surface area contributed by atoms with Crippen molar-refractivity contribution in [3.8, 4) is 11.1 Å². The molecule has 1 aromatic heterocycles. The van der Waals surface area contributed by atoms with E-state index in [0.29, 0.717) is 25.4 Å². The number of carbonyl (C=O) groups excluding carboxylic acids is 1. The first-order chi connectivity index (χ1) is 19.1. The van der Waals surface area contributed by atoms with E-state index in [2.05, 4.69) is 0 Å². The predicted molar refractivity (Wildman–Crippen MR) is 150 cm³/mol. The van der Waals surface area contributed by atoms with Gasteiger partial charge in [0, 0.05) is 47.8 Å². The van der Waals surface area contributed by atoms with Crippen molar-refractivity contribution in [3.05, 3.63) is 58.3 Å². The maximum atomic E-state index is 14.5. The lowest BCUT2D eigenvalue weighted by Crippen LogP contribution is -2.62. The van der Waals surface area contributed by atoms with Crippen LogP contribution in [0.3, 0.4) is 0 Å². The number of carboxylic acids is 1. The largest absolute Gasteiger partial charge is 0.478 e. The molecule has 0 bridgehead atoms. The van der Waals surface area contributed by atoms with Gasteiger partial charge in [-0.05, 0) is 37.7 Å². The number of piperidine rings is 1. The normalized spacial score (nSPS) is 23.8. The molecule has 8 heteroatoms. The van der Waals surface area contributed by atoms with Crippen LogP contribution >= 0.6 is 0 Å². The molecule has 2 unspecified atom stereocenters. The van der Waals surface area contributed by atoms with E-state index >= 15 is 0 Å². The van der Waals surface area contributed by atoms with Crippen molar-refractivity contribution in [3.63, 3.8) is 0 Å². The summed E-state index contributed by atoms with van der Waals surface area (Å²) in [4.78, 5) is 40.9. The number of likely N-dealkylation sites (tertiary alicyclic amines) is 1. The Morgan fingerprint density at radius 2 is 1.75 bits per heavy atom. The van der Waals surface area contributed by atoms with Gasteiger partial charge in [0.25, 0.3) is 5.56 Å². The molecule has 2 heterocycles. The van der Waals surface area contributed by atoms with Gasteiger partial charge < -0.3 is 19.7 Å². The molecular weight excluding hydrogens is 511 g/mol. The van der Waals surface area contributed by atoms with Crippen molar-refractivity contribution in [2.45, 2.75) is 89.7 Å². The van der Waals surface area contributed by atoms with Crippen LogP contribution < -0.4 is 5.56 Å². The van der Waals surface area contributed by atoms with Gasteiger partial charge in [0.05, 0.1) is 17.7 Å². The highest BCUT2D eigenvalue weighted by molar-refractivity contribution is 5.95.